The Morgan fingerprint density at radius 3 is 2.28 bits per heavy atom. The molecule has 2 atom stereocenters. The number of amides is 1. The van der Waals surface area contributed by atoms with Crippen LogP contribution in [-0.4, -0.2) is 35.1 Å². The van der Waals surface area contributed by atoms with Crippen molar-refractivity contribution >= 4 is 17.7 Å². The molecule has 0 spiro atoms. The first-order valence-electron chi connectivity index (χ1n) is 11.5. The van der Waals surface area contributed by atoms with E-state index in [1.165, 1.54) is 10.5 Å². The van der Waals surface area contributed by atoms with E-state index in [0.29, 0.717) is 32.2 Å². The maximum Gasteiger partial charge on any atom is 0.329 e. The van der Waals surface area contributed by atoms with Crippen molar-refractivity contribution in [2.75, 3.05) is 6.54 Å². The molecule has 0 bridgehead atoms. The third-order valence-corrected chi connectivity index (χ3v) is 6.45. The average Bonchev–Trinajstić information content (AvgIpc) is 3.32. The summed E-state index contributed by atoms with van der Waals surface area (Å²) in [5.41, 5.74) is 1.36. The molecule has 0 radical (unpaired) electrons. The van der Waals surface area contributed by atoms with Crippen molar-refractivity contribution < 1.29 is 19.1 Å². The largest absolute Gasteiger partial charge is 0.456 e. The molecule has 1 amide bonds. The Morgan fingerprint density at radius 1 is 1.03 bits per heavy atom. The van der Waals surface area contributed by atoms with Crippen LogP contribution in [0.3, 0.4) is 0 Å². The van der Waals surface area contributed by atoms with Crippen molar-refractivity contribution in [1.82, 2.24) is 4.90 Å². The number of esters is 1. The zero-order chi connectivity index (χ0) is 23.1. The minimum Gasteiger partial charge on any atom is -0.456 e. The molecule has 1 heterocycles. The van der Waals surface area contributed by atoms with Crippen LogP contribution in [0.25, 0.3) is 0 Å². The lowest BCUT2D eigenvalue weighted by Gasteiger charge is -2.28. The lowest BCUT2D eigenvalue weighted by molar-refractivity contribution is -0.161. The van der Waals surface area contributed by atoms with Crippen molar-refractivity contribution in [2.24, 2.45) is 5.41 Å². The standard InChI is InChI=1S/C27H33NO4/c1-4-27(2,3)24(29)25(30)28-19-11-16-22(28)26(31)32-23(21-14-9-6-10-15-21)18-17-20-12-7-5-8-13-20/h5-10,12-15,22-23H,4,11,16-19H2,1-3H3. The maximum atomic E-state index is 13.2. The lowest BCUT2D eigenvalue weighted by atomic mass is 9.84. The molecule has 1 fully saturated rings. The number of hydrogen-bond acceptors (Lipinski definition) is 4. The SMILES string of the molecule is CCC(C)(C)C(=O)C(=O)N1CCCC1C(=O)OC(CCc1ccccc1)c1ccccc1. The first kappa shape index (κ1) is 23.7. The third kappa shape index (κ3) is 5.64. The highest BCUT2D eigenvalue weighted by Gasteiger charge is 2.42. The van der Waals surface area contributed by atoms with Gasteiger partial charge in [0, 0.05) is 12.0 Å². The predicted octanol–water partition coefficient (Wildman–Crippen LogP) is 4.90. The minimum atomic E-state index is -0.740. The van der Waals surface area contributed by atoms with Gasteiger partial charge in [0.05, 0.1) is 0 Å². The van der Waals surface area contributed by atoms with E-state index in [2.05, 4.69) is 12.1 Å². The molecular formula is C27H33NO4. The molecule has 2 aromatic carbocycles. The zero-order valence-corrected chi connectivity index (χ0v) is 19.3. The first-order chi connectivity index (χ1) is 15.3. The number of carbonyl (C=O) groups excluding carboxylic acids is 3. The van der Waals surface area contributed by atoms with Gasteiger partial charge in [0.2, 0.25) is 5.78 Å². The van der Waals surface area contributed by atoms with E-state index >= 15 is 0 Å². The molecule has 5 nitrogen and oxygen atoms in total. The van der Waals surface area contributed by atoms with Crippen molar-refractivity contribution in [1.29, 1.82) is 0 Å². The molecule has 1 saturated heterocycles. The van der Waals surface area contributed by atoms with Gasteiger partial charge in [-0.05, 0) is 43.2 Å². The van der Waals surface area contributed by atoms with Crippen molar-refractivity contribution in [3.63, 3.8) is 0 Å². The van der Waals surface area contributed by atoms with Crippen LogP contribution < -0.4 is 0 Å². The van der Waals surface area contributed by atoms with Gasteiger partial charge in [0.1, 0.15) is 12.1 Å². The fourth-order valence-corrected chi connectivity index (χ4v) is 3.96. The van der Waals surface area contributed by atoms with E-state index < -0.39 is 35.2 Å². The predicted molar refractivity (Wildman–Crippen MR) is 124 cm³/mol. The van der Waals surface area contributed by atoms with Crippen LogP contribution >= 0.6 is 0 Å². The number of nitrogens with zero attached hydrogens (tertiary/aromatic N) is 1. The van der Waals surface area contributed by atoms with Crippen LogP contribution in [-0.2, 0) is 25.5 Å². The Labute approximate surface area is 190 Å². The second kappa shape index (κ2) is 10.6. The Morgan fingerprint density at radius 2 is 1.66 bits per heavy atom. The topological polar surface area (TPSA) is 63.7 Å². The summed E-state index contributed by atoms with van der Waals surface area (Å²) in [6.07, 6.45) is 2.77. The number of likely N-dealkylation sites (tertiary alicyclic amines) is 1. The second-order valence-electron chi connectivity index (χ2n) is 9.08. The van der Waals surface area contributed by atoms with E-state index in [0.717, 1.165) is 12.0 Å². The fraction of sp³-hybridized carbons (Fsp3) is 0.444. The van der Waals surface area contributed by atoms with Crippen molar-refractivity contribution in [3.05, 3.63) is 71.8 Å². The van der Waals surface area contributed by atoms with Gasteiger partial charge in [0.25, 0.3) is 5.91 Å². The molecular weight excluding hydrogens is 402 g/mol. The maximum absolute atomic E-state index is 13.2. The second-order valence-corrected chi connectivity index (χ2v) is 9.08. The number of hydrogen-bond donors (Lipinski definition) is 0. The van der Waals surface area contributed by atoms with Crippen LogP contribution in [0.2, 0.25) is 0 Å². The van der Waals surface area contributed by atoms with Crippen molar-refractivity contribution in [2.45, 2.75) is 65.0 Å². The number of rotatable bonds is 9. The van der Waals surface area contributed by atoms with Crippen LogP contribution in [0.15, 0.2) is 60.7 Å². The highest BCUT2D eigenvalue weighted by molar-refractivity contribution is 6.38. The van der Waals surface area contributed by atoms with Crippen molar-refractivity contribution in [3.8, 4) is 0 Å². The van der Waals surface area contributed by atoms with Gasteiger partial charge in [-0.3, -0.25) is 9.59 Å². The van der Waals surface area contributed by atoms with Gasteiger partial charge in [-0.1, -0.05) is 81.4 Å². The molecule has 0 saturated carbocycles. The molecule has 5 heteroatoms. The number of Topliss-reactive ketones (excluding diaryl/α,β-unsaturated/α-hetero) is 1. The average molecular weight is 436 g/mol. The van der Waals surface area contributed by atoms with Gasteiger partial charge in [-0.25, -0.2) is 4.79 Å². The summed E-state index contributed by atoms with van der Waals surface area (Å²) in [5.74, 6) is -1.44. The van der Waals surface area contributed by atoms with E-state index in [4.69, 9.17) is 4.74 Å². The van der Waals surface area contributed by atoms with Crippen LogP contribution in [0.5, 0.6) is 0 Å². The summed E-state index contributed by atoms with van der Waals surface area (Å²) in [6.45, 7) is 5.83. The summed E-state index contributed by atoms with van der Waals surface area (Å²) in [7, 11) is 0. The van der Waals surface area contributed by atoms with Gasteiger partial charge in [0.15, 0.2) is 0 Å². The molecule has 1 aliphatic heterocycles. The van der Waals surface area contributed by atoms with Gasteiger partial charge in [-0.15, -0.1) is 0 Å². The number of ether oxygens (including phenoxy) is 1. The summed E-state index contributed by atoms with van der Waals surface area (Å²) < 4.78 is 5.97. The van der Waals surface area contributed by atoms with E-state index in [-0.39, 0.29) is 0 Å². The monoisotopic (exact) mass is 435 g/mol. The van der Waals surface area contributed by atoms with E-state index in [1.54, 1.807) is 13.8 Å². The van der Waals surface area contributed by atoms with Gasteiger partial charge >= 0.3 is 5.97 Å². The Hall–Kier alpha value is -2.95. The summed E-state index contributed by atoms with van der Waals surface area (Å²) in [6, 6.07) is 19.1. The first-order valence-corrected chi connectivity index (χ1v) is 11.5. The molecule has 2 unspecified atom stereocenters. The molecule has 0 aromatic heterocycles. The summed E-state index contributed by atoms with van der Waals surface area (Å²) >= 11 is 0. The van der Waals surface area contributed by atoms with Crippen LogP contribution in [0.1, 0.15) is 63.7 Å². The number of carbonyl (C=O) groups is 3. The zero-order valence-electron chi connectivity index (χ0n) is 19.3. The van der Waals surface area contributed by atoms with E-state index in [9.17, 15) is 14.4 Å². The molecule has 32 heavy (non-hydrogen) atoms. The van der Waals surface area contributed by atoms with E-state index in [1.807, 2.05) is 55.5 Å². The minimum absolute atomic E-state index is 0.407. The van der Waals surface area contributed by atoms with Gasteiger partial charge < -0.3 is 9.64 Å². The molecule has 0 aliphatic carbocycles. The smallest absolute Gasteiger partial charge is 0.329 e. The van der Waals surface area contributed by atoms with Gasteiger partial charge in [-0.2, -0.15) is 0 Å². The Kier molecular flexibility index (Phi) is 7.84. The highest BCUT2D eigenvalue weighted by atomic mass is 16.5. The third-order valence-electron chi connectivity index (χ3n) is 6.45. The molecule has 170 valence electrons. The Bertz CT molecular complexity index is 923. The molecule has 0 N–H and O–H groups in total. The quantitative estimate of drug-likeness (QED) is 0.415. The van der Waals surface area contributed by atoms with Crippen LogP contribution in [0, 0.1) is 5.41 Å². The molecule has 1 aliphatic rings. The number of aryl methyl sites for hydroxylation is 1. The lowest BCUT2D eigenvalue weighted by Crippen LogP contribution is -2.48. The number of benzene rings is 2. The summed E-state index contributed by atoms with van der Waals surface area (Å²) in [5, 5.41) is 0. The molecule has 2 aromatic rings. The number of ketones is 1. The molecule has 3 rings (SSSR count). The fourth-order valence-electron chi connectivity index (χ4n) is 3.96. The summed E-state index contributed by atoms with van der Waals surface area (Å²) in [4.78, 5) is 40.2. The normalized spacial score (nSPS) is 17.1. The van der Waals surface area contributed by atoms with Crippen LogP contribution in [0.4, 0.5) is 0 Å². The highest BCUT2D eigenvalue weighted by Crippen LogP contribution is 2.29. The Balaban J connectivity index is 1.73.